The molecule has 0 radical (unpaired) electrons. The quantitative estimate of drug-likeness (QED) is 0.686. The lowest BCUT2D eigenvalue weighted by atomic mass is 9.81. The van der Waals surface area contributed by atoms with Gasteiger partial charge in [0.25, 0.3) is 0 Å². The summed E-state index contributed by atoms with van der Waals surface area (Å²) in [7, 11) is 1.68. The van der Waals surface area contributed by atoms with Gasteiger partial charge in [-0.2, -0.15) is 13.2 Å². The number of likely N-dealkylation sites (N-methyl/N-ethyl adjacent to an activating group) is 1. The Morgan fingerprint density at radius 1 is 1.21 bits per heavy atom. The van der Waals surface area contributed by atoms with Crippen molar-refractivity contribution in [3.05, 3.63) is 70.5 Å². The Hall–Kier alpha value is -2.45. The van der Waals surface area contributed by atoms with Gasteiger partial charge in [0.15, 0.2) is 0 Å². The molecular formula is C21H21F4NO3. The van der Waals surface area contributed by atoms with Crippen LogP contribution in [0.4, 0.5) is 17.6 Å². The standard InChI is InChI=1S/C21H21F4NO3/c1-26(12-19(27)28)10-2-9-20(15-3-6-17(22)7-4-15)18-8-5-16(21(23,24)25)11-14(18)13-29-20/h3-8,11H,2,9-10,12-13H2,1H3,(H,27,28). The first kappa shape index (κ1) is 21.3. The smallest absolute Gasteiger partial charge is 0.416 e. The molecular weight excluding hydrogens is 390 g/mol. The fourth-order valence-corrected chi connectivity index (χ4v) is 3.78. The minimum absolute atomic E-state index is 0.0155. The lowest BCUT2D eigenvalue weighted by Gasteiger charge is -2.31. The van der Waals surface area contributed by atoms with Crippen molar-refractivity contribution in [2.24, 2.45) is 0 Å². The van der Waals surface area contributed by atoms with Crippen LogP contribution in [0.3, 0.4) is 0 Å². The number of halogens is 4. The maximum Gasteiger partial charge on any atom is 0.416 e. The lowest BCUT2D eigenvalue weighted by molar-refractivity contribution is -0.138. The van der Waals surface area contributed by atoms with E-state index in [1.54, 1.807) is 24.1 Å². The van der Waals surface area contributed by atoms with Gasteiger partial charge in [-0.25, -0.2) is 4.39 Å². The molecule has 0 bridgehead atoms. The predicted molar refractivity (Wildman–Crippen MR) is 97.8 cm³/mol. The number of rotatable bonds is 7. The minimum Gasteiger partial charge on any atom is -0.480 e. The van der Waals surface area contributed by atoms with Crippen LogP contribution in [0.25, 0.3) is 0 Å². The van der Waals surface area contributed by atoms with Gasteiger partial charge in [0.2, 0.25) is 0 Å². The number of fused-ring (bicyclic) bond motifs is 1. The van der Waals surface area contributed by atoms with Crippen molar-refractivity contribution in [2.45, 2.75) is 31.2 Å². The van der Waals surface area contributed by atoms with Crippen molar-refractivity contribution < 1.29 is 32.2 Å². The summed E-state index contributed by atoms with van der Waals surface area (Å²) in [6, 6.07) is 9.28. The summed E-state index contributed by atoms with van der Waals surface area (Å²) < 4.78 is 58.7. The second kappa shape index (κ2) is 8.12. The van der Waals surface area contributed by atoms with Crippen LogP contribution in [0.5, 0.6) is 0 Å². The second-order valence-corrected chi connectivity index (χ2v) is 7.23. The molecule has 0 amide bonds. The van der Waals surface area contributed by atoms with Crippen LogP contribution >= 0.6 is 0 Å². The van der Waals surface area contributed by atoms with Gasteiger partial charge in [0.05, 0.1) is 18.7 Å². The van der Waals surface area contributed by atoms with E-state index in [2.05, 4.69) is 0 Å². The highest BCUT2D eigenvalue weighted by atomic mass is 19.4. The molecule has 1 N–H and O–H groups in total. The molecule has 0 fully saturated rings. The highest BCUT2D eigenvalue weighted by molar-refractivity contribution is 5.69. The number of ether oxygens (including phenoxy) is 1. The van der Waals surface area contributed by atoms with E-state index >= 15 is 0 Å². The molecule has 8 heteroatoms. The van der Waals surface area contributed by atoms with Gasteiger partial charge in [0.1, 0.15) is 11.4 Å². The van der Waals surface area contributed by atoms with Crippen LogP contribution < -0.4 is 0 Å². The fourth-order valence-electron chi connectivity index (χ4n) is 3.78. The van der Waals surface area contributed by atoms with Crippen LogP contribution in [-0.2, 0) is 27.9 Å². The van der Waals surface area contributed by atoms with E-state index < -0.39 is 29.1 Å². The number of carboxylic acid groups (broad SMARTS) is 1. The van der Waals surface area contributed by atoms with Crippen LogP contribution in [0, 0.1) is 5.82 Å². The van der Waals surface area contributed by atoms with Gasteiger partial charge >= 0.3 is 12.1 Å². The Kier molecular flexibility index (Phi) is 5.95. The molecule has 1 aliphatic rings. The predicted octanol–water partition coefficient (Wildman–Crippen LogP) is 4.41. The van der Waals surface area contributed by atoms with Gasteiger partial charge in [-0.3, -0.25) is 9.69 Å². The van der Waals surface area contributed by atoms with Crippen molar-refractivity contribution >= 4 is 5.97 Å². The van der Waals surface area contributed by atoms with E-state index in [0.29, 0.717) is 36.1 Å². The van der Waals surface area contributed by atoms with Crippen LogP contribution in [0.15, 0.2) is 42.5 Å². The van der Waals surface area contributed by atoms with Crippen LogP contribution in [0.1, 0.15) is 35.1 Å². The summed E-state index contributed by atoms with van der Waals surface area (Å²) in [6.07, 6.45) is -3.49. The number of carboxylic acids is 1. The monoisotopic (exact) mass is 411 g/mol. The van der Waals surface area contributed by atoms with Gasteiger partial charge in [0, 0.05) is 0 Å². The van der Waals surface area contributed by atoms with Crippen molar-refractivity contribution in [1.82, 2.24) is 4.90 Å². The Labute approximate surface area is 165 Å². The molecule has 0 aromatic heterocycles. The molecule has 0 aliphatic carbocycles. The van der Waals surface area contributed by atoms with Crippen LogP contribution in [-0.4, -0.2) is 36.1 Å². The molecule has 2 aromatic rings. The van der Waals surface area contributed by atoms with Crippen molar-refractivity contribution in [3.63, 3.8) is 0 Å². The van der Waals surface area contributed by atoms with Crippen molar-refractivity contribution in [1.29, 1.82) is 0 Å². The largest absolute Gasteiger partial charge is 0.480 e. The van der Waals surface area contributed by atoms with E-state index in [-0.39, 0.29) is 13.2 Å². The van der Waals surface area contributed by atoms with E-state index in [1.165, 1.54) is 18.2 Å². The minimum atomic E-state index is -4.45. The van der Waals surface area contributed by atoms with Crippen molar-refractivity contribution in [3.8, 4) is 0 Å². The zero-order valence-corrected chi connectivity index (χ0v) is 15.8. The average Bonchev–Trinajstić information content (AvgIpc) is 3.00. The summed E-state index contributed by atoms with van der Waals surface area (Å²) in [5.41, 5.74) is -0.0210. The normalized spacial score (nSPS) is 18.8. The molecule has 0 spiro atoms. The first-order valence-electron chi connectivity index (χ1n) is 9.13. The third-order valence-corrected chi connectivity index (χ3v) is 5.13. The van der Waals surface area contributed by atoms with E-state index in [9.17, 15) is 22.4 Å². The number of hydrogen-bond donors (Lipinski definition) is 1. The summed E-state index contributed by atoms with van der Waals surface area (Å²) in [4.78, 5) is 12.5. The van der Waals surface area contributed by atoms with Crippen molar-refractivity contribution in [2.75, 3.05) is 20.1 Å². The van der Waals surface area contributed by atoms with E-state index in [1.807, 2.05) is 0 Å². The van der Waals surface area contributed by atoms with E-state index in [0.717, 1.165) is 12.1 Å². The Bertz CT molecular complexity index is 882. The molecule has 1 unspecified atom stereocenters. The summed E-state index contributed by atoms with van der Waals surface area (Å²) in [5, 5.41) is 8.88. The van der Waals surface area contributed by atoms with Gasteiger partial charge in [-0.05, 0) is 67.4 Å². The number of benzene rings is 2. The van der Waals surface area contributed by atoms with Gasteiger partial charge in [-0.15, -0.1) is 0 Å². The lowest BCUT2D eigenvalue weighted by Crippen LogP contribution is -2.31. The molecule has 4 nitrogen and oxygen atoms in total. The summed E-state index contributed by atoms with van der Waals surface area (Å²) in [5.74, 6) is -1.36. The number of hydrogen-bond acceptors (Lipinski definition) is 3. The third-order valence-electron chi connectivity index (χ3n) is 5.13. The molecule has 0 saturated carbocycles. The number of alkyl halides is 3. The van der Waals surface area contributed by atoms with Gasteiger partial charge in [-0.1, -0.05) is 18.2 Å². The number of carbonyl (C=O) groups is 1. The molecule has 1 atom stereocenters. The third kappa shape index (κ3) is 4.59. The highest BCUT2D eigenvalue weighted by Gasteiger charge is 2.43. The SMILES string of the molecule is CN(CCCC1(c2ccc(F)cc2)OCc2cc(C(F)(F)F)ccc21)CC(=O)O. The molecule has 1 heterocycles. The molecule has 156 valence electrons. The average molecular weight is 411 g/mol. The first-order chi connectivity index (χ1) is 13.6. The zero-order valence-electron chi connectivity index (χ0n) is 15.8. The Morgan fingerprint density at radius 2 is 1.90 bits per heavy atom. The summed E-state index contributed by atoms with van der Waals surface area (Å²) in [6.45, 7) is 0.367. The second-order valence-electron chi connectivity index (χ2n) is 7.23. The fraction of sp³-hybridized carbons (Fsp3) is 0.381. The molecule has 0 saturated heterocycles. The maximum absolute atomic E-state index is 13.4. The Balaban J connectivity index is 1.92. The molecule has 29 heavy (non-hydrogen) atoms. The van der Waals surface area contributed by atoms with E-state index in [4.69, 9.17) is 9.84 Å². The molecule has 3 rings (SSSR count). The Morgan fingerprint density at radius 3 is 2.52 bits per heavy atom. The highest BCUT2D eigenvalue weighted by Crippen LogP contribution is 2.46. The van der Waals surface area contributed by atoms with Crippen LogP contribution in [0.2, 0.25) is 0 Å². The number of nitrogens with zero attached hydrogens (tertiary/aromatic N) is 1. The topological polar surface area (TPSA) is 49.8 Å². The number of aliphatic carboxylic acids is 1. The van der Waals surface area contributed by atoms with Gasteiger partial charge < -0.3 is 9.84 Å². The first-order valence-corrected chi connectivity index (χ1v) is 9.13. The maximum atomic E-state index is 13.4. The summed E-state index contributed by atoms with van der Waals surface area (Å²) >= 11 is 0. The molecule has 1 aliphatic heterocycles. The molecule has 2 aromatic carbocycles. The zero-order chi connectivity index (χ0) is 21.2.